The highest BCUT2D eigenvalue weighted by Gasteiger charge is 2.39. The van der Waals surface area contributed by atoms with Crippen LogP contribution in [0.5, 0.6) is 0 Å². The van der Waals surface area contributed by atoms with Gasteiger partial charge in [-0.3, -0.25) is 0 Å². The van der Waals surface area contributed by atoms with Gasteiger partial charge in [-0.05, 0) is 31.6 Å². The predicted octanol–water partition coefficient (Wildman–Crippen LogP) is -0.333. The summed E-state index contributed by atoms with van der Waals surface area (Å²) in [6.45, 7) is 4.41. The summed E-state index contributed by atoms with van der Waals surface area (Å²) in [5.74, 6) is 0.614. The highest BCUT2D eigenvalue weighted by atomic mass is 32.2. The maximum absolute atomic E-state index is 12.4. The van der Waals surface area contributed by atoms with E-state index >= 15 is 0 Å². The first-order chi connectivity index (χ1) is 8.97. The van der Waals surface area contributed by atoms with Crippen molar-refractivity contribution in [2.24, 2.45) is 5.92 Å². The van der Waals surface area contributed by atoms with Crippen LogP contribution in [0.1, 0.15) is 32.6 Å². The average Bonchev–Trinajstić information content (AvgIpc) is 2.42. The van der Waals surface area contributed by atoms with E-state index < -0.39 is 15.7 Å². The molecule has 0 radical (unpaired) electrons. The van der Waals surface area contributed by atoms with E-state index in [-0.39, 0.29) is 6.61 Å². The van der Waals surface area contributed by atoms with Gasteiger partial charge in [0.2, 0.25) is 0 Å². The molecule has 0 aromatic carbocycles. The predicted molar refractivity (Wildman–Crippen MR) is 73.9 cm³/mol. The summed E-state index contributed by atoms with van der Waals surface area (Å²) in [4.78, 5) is 0. The second-order valence-corrected chi connectivity index (χ2v) is 7.55. The van der Waals surface area contributed by atoms with Gasteiger partial charge in [-0.25, -0.2) is 0 Å². The smallest absolute Gasteiger partial charge is 0.280 e. The lowest BCUT2D eigenvalue weighted by molar-refractivity contribution is 0.123. The van der Waals surface area contributed by atoms with E-state index in [0.29, 0.717) is 32.1 Å². The molecule has 2 aliphatic rings. The molecule has 0 bridgehead atoms. The molecular formula is C12H25N3O3S. The van der Waals surface area contributed by atoms with Crippen molar-refractivity contribution in [1.82, 2.24) is 14.3 Å². The second-order valence-electron chi connectivity index (χ2n) is 5.88. The molecule has 0 atom stereocenters. The van der Waals surface area contributed by atoms with E-state index in [2.05, 4.69) is 17.0 Å². The van der Waals surface area contributed by atoms with Crippen LogP contribution in [0, 0.1) is 5.92 Å². The van der Waals surface area contributed by atoms with Crippen molar-refractivity contribution >= 4 is 10.2 Å². The summed E-state index contributed by atoms with van der Waals surface area (Å²) >= 11 is 0. The number of rotatable bonds is 4. The molecule has 3 N–H and O–H groups in total. The molecule has 1 aliphatic carbocycles. The van der Waals surface area contributed by atoms with Crippen LogP contribution in [0.2, 0.25) is 0 Å². The number of hydrogen-bond donors (Lipinski definition) is 3. The quantitative estimate of drug-likeness (QED) is 0.662. The number of nitrogens with zero attached hydrogens (tertiary/aromatic N) is 1. The van der Waals surface area contributed by atoms with E-state index in [0.717, 1.165) is 25.7 Å². The first-order valence-corrected chi connectivity index (χ1v) is 8.52. The molecule has 1 saturated heterocycles. The van der Waals surface area contributed by atoms with E-state index in [4.69, 9.17) is 0 Å². The topological polar surface area (TPSA) is 81.7 Å². The minimum absolute atomic E-state index is 0.120. The molecule has 1 aliphatic heterocycles. The summed E-state index contributed by atoms with van der Waals surface area (Å²) in [5.41, 5.74) is -0.657. The van der Waals surface area contributed by atoms with Gasteiger partial charge in [0.1, 0.15) is 0 Å². The van der Waals surface area contributed by atoms with Gasteiger partial charge in [-0.15, -0.1) is 0 Å². The van der Waals surface area contributed by atoms with Gasteiger partial charge in [0.25, 0.3) is 10.2 Å². The summed E-state index contributed by atoms with van der Waals surface area (Å²) < 4.78 is 29.0. The standard InChI is InChI=1S/C12H25N3O3S/c1-11-2-4-12(10-16,5-3-11)14-19(17,18)15-8-6-13-7-9-15/h11,13-14,16H,2-10H2,1H3. The lowest BCUT2D eigenvalue weighted by atomic mass is 9.78. The van der Waals surface area contributed by atoms with Crippen molar-refractivity contribution in [2.75, 3.05) is 32.8 Å². The van der Waals surface area contributed by atoms with Crippen molar-refractivity contribution in [3.05, 3.63) is 0 Å². The highest BCUT2D eigenvalue weighted by molar-refractivity contribution is 7.87. The van der Waals surface area contributed by atoms with Crippen molar-refractivity contribution in [3.63, 3.8) is 0 Å². The second kappa shape index (κ2) is 6.05. The first kappa shape index (κ1) is 15.2. The molecule has 0 unspecified atom stereocenters. The average molecular weight is 291 g/mol. The number of aliphatic hydroxyl groups is 1. The molecule has 2 fully saturated rings. The molecule has 0 aromatic rings. The zero-order valence-corrected chi connectivity index (χ0v) is 12.4. The third-order valence-electron chi connectivity index (χ3n) is 4.30. The summed E-state index contributed by atoms with van der Waals surface area (Å²) in [7, 11) is -3.49. The number of aliphatic hydroxyl groups excluding tert-OH is 1. The molecule has 1 saturated carbocycles. The molecule has 0 spiro atoms. The van der Waals surface area contributed by atoms with Crippen LogP contribution >= 0.6 is 0 Å². The Balaban J connectivity index is 2.04. The Kier molecular flexibility index (Phi) is 4.84. The fraction of sp³-hybridized carbons (Fsp3) is 1.00. The number of piperazine rings is 1. The maximum atomic E-state index is 12.4. The van der Waals surface area contributed by atoms with Crippen molar-refractivity contribution in [3.8, 4) is 0 Å². The third-order valence-corrected chi connectivity index (χ3v) is 6.03. The molecule has 1 heterocycles. The van der Waals surface area contributed by atoms with E-state index in [1.165, 1.54) is 4.31 Å². The number of nitrogens with one attached hydrogen (secondary N) is 2. The summed E-state index contributed by atoms with van der Waals surface area (Å²) in [6.07, 6.45) is 3.36. The molecule has 19 heavy (non-hydrogen) atoms. The van der Waals surface area contributed by atoms with Gasteiger partial charge in [0, 0.05) is 26.2 Å². The number of hydrogen-bond acceptors (Lipinski definition) is 4. The van der Waals surface area contributed by atoms with E-state index in [1.807, 2.05) is 0 Å². The van der Waals surface area contributed by atoms with Gasteiger partial charge in [-0.2, -0.15) is 17.4 Å². The fourth-order valence-corrected chi connectivity index (χ4v) is 4.44. The fourth-order valence-electron chi connectivity index (χ4n) is 2.83. The lowest BCUT2D eigenvalue weighted by Crippen LogP contribution is -2.59. The van der Waals surface area contributed by atoms with Crippen LogP contribution in [0.4, 0.5) is 0 Å². The minimum Gasteiger partial charge on any atom is -0.394 e. The molecule has 7 heteroatoms. The zero-order valence-electron chi connectivity index (χ0n) is 11.6. The molecule has 0 aromatic heterocycles. The SMILES string of the molecule is CC1CCC(CO)(NS(=O)(=O)N2CCNCC2)CC1. The van der Waals surface area contributed by atoms with Gasteiger partial charge in [-0.1, -0.05) is 6.92 Å². The lowest BCUT2D eigenvalue weighted by Gasteiger charge is -2.40. The van der Waals surface area contributed by atoms with Gasteiger partial charge < -0.3 is 10.4 Å². The van der Waals surface area contributed by atoms with Crippen LogP contribution in [0.15, 0.2) is 0 Å². The molecule has 2 rings (SSSR count). The Hall–Kier alpha value is -0.210. The van der Waals surface area contributed by atoms with Crippen molar-refractivity contribution in [1.29, 1.82) is 0 Å². The Morgan fingerprint density at radius 3 is 2.42 bits per heavy atom. The molecule has 0 amide bonds. The third kappa shape index (κ3) is 3.66. The van der Waals surface area contributed by atoms with Crippen molar-refractivity contribution in [2.45, 2.75) is 38.1 Å². The molecular weight excluding hydrogens is 266 g/mol. The largest absolute Gasteiger partial charge is 0.394 e. The minimum atomic E-state index is -3.49. The van der Waals surface area contributed by atoms with Crippen LogP contribution in [-0.4, -0.2) is 56.2 Å². The first-order valence-electron chi connectivity index (χ1n) is 7.08. The summed E-state index contributed by atoms with van der Waals surface area (Å²) in [5, 5.41) is 12.8. The van der Waals surface area contributed by atoms with E-state index in [9.17, 15) is 13.5 Å². The molecule has 6 nitrogen and oxygen atoms in total. The normalized spacial score (nSPS) is 34.3. The zero-order chi connectivity index (χ0) is 13.9. The maximum Gasteiger partial charge on any atom is 0.280 e. The van der Waals surface area contributed by atoms with E-state index in [1.54, 1.807) is 0 Å². The highest BCUT2D eigenvalue weighted by Crippen LogP contribution is 2.32. The van der Waals surface area contributed by atoms with Crippen LogP contribution in [0.25, 0.3) is 0 Å². The summed E-state index contributed by atoms with van der Waals surface area (Å²) in [6, 6.07) is 0. The van der Waals surface area contributed by atoms with Gasteiger partial charge in [0.05, 0.1) is 12.1 Å². The monoisotopic (exact) mass is 291 g/mol. The Bertz CT molecular complexity index is 385. The van der Waals surface area contributed by atoms with Crippen LogP contribution in [-0.2, 0) is 10.2 Å². The Morgan fingerprint density at radius 1 is 1.32 bits per heavy atom. The van der Waals surface area contributed by atoms with Crippen LogP contribution in [0.3, 0.4) is 0 Å². The van der Waals surface area contributed by atoms with Gasteiger partial charge in [0.15, 0.2) is 0 Å². The van der Waals surface area contributed by atoms with Gasteiger partial charge >= 0.3 is 0 Å². The Morgan fingerprint density at radius 2 is 1.89 bits per heavy atom. The molecule has 112 valence electrons. The van der Waals surface area contributed by atoms with Crippen LogP contribution < -0.4 is 10.0 Å². The Labute approximate surface area is 115 Å². The van der Waals surface area contributed by atoms with Crippen molar-refractivity contribution < 1.29 is 13.5 Å².